The number of nitrogens with one attached hydrogen (secondary N) is 1. The third kappa shape index (κ3) is 5.68. The van der Waals surface area contributed by atoms with Crippen LogP contribution in [0.5, 0.6) is 5.75 Å². The zero-order valence-electron chi connectivity index (χ0n) is 17.3. The van der Waals surface area contributed by atoms with Crippen LogP contribution in [0.15, 0.2) is 41.3 Å². The maximum absolute atomic E-state index is 13.9. The van der Waals surface area contributed by atoms with E-state index >= 15 is 0 Å². The largest absolute Gasteiger partial charge is 0.491 e. The first-order chi connectivity index (χ1) is 16.0. The van der Waals surface area contributed by atoms with Crippen molar-refractivity contribution in [3.05, 3.63) is 57.8 Å². The number of halogens is 3. The van der Waals surface area contributed by atoms with Crippen LogP contribution in [0.3, 0.4) is 0 Å². The summed E-state index contributed by atoms with van der Waals surface area (Å²) in [6, 6.07) is 9.17. The lowest BCUT2D eigenvalue weighted by Crippen LogP contribution is -2.74. The number of carbonyl (C=O) groups is 2. The Labute approximate surface area is 204 Å². The Bertz CT molecular complexity index is 1280. The van der Waals surface area contributed by atoms with Crippen LogP contribution in [0.25, 0.3) is 0 Å². The number of nitrogens with two attached hydrogens (primary N) is 1. The molecule has 1 heterocycles. The van der Waals surface area contributed by atoms with E-state index in [9.17, 15) is 22.4 Å². The van der Waals surface area contributed by atoms with Crippen LogP contribution < -0.4 is 15.8 Å². The molecule has 0 radical (unpaired) electrons. The standard InChI is InChI=1S/C20H17Cl2FN4O6S/c21-13-2-4-17(15(22)5-13)34(30,31)27-9-20(10-27,26-18(28)8-32-19(25)29)11-33-14-3-1-12(7-24)16(23)6-14/h1-6H,8-11H2,(H2,25,29)(H,26,28). The zero-order chi connectivity index (χ0) is 25.1. The number of amides is 2. The van der Waals surface area contributed by atoms with Gasteiger partial charge in [-0.1, -0.05) is 23.2 Å². The van der Waals surface area contributed by atoms with Gasteiger partial charge in [0.25, 0.3) is 5.91 Å². The SMILES string of the molecule is N#Cc1ccc(OCC2(NC(=O)COC(N)=O)CN(S(=O)(=O)c3ccc(Cl)cc3Cl)C2)cc1F. The zero-order valence-corrected chi connectivity index (χ0v) is 19.6. The number of ether oxygens (including phenoxy) is 2. The van der Waals surface area contributed by atoms with Crippen molar-refractivity contribution >= 4 is 45.2 Å². The molecule has 1 aliphatic heterocycles. The average Bonchev–Trinajstić information content (AvgIpc) is 2.73. The monoisotopic (exact) mass is 530 g/mol. The molecule has 2 amide bonds. The van der Waals surface area contributed by atoms with E-state index in [1.165, 1.54) is 30.3 Å². The first-order valence-corrected chi connectivity index (χ1v) is 11.7. The molecular weight excluding hydrogens is 514 g/mol. The molecule has 2 aromatic carbocycles. The van der Waals surface area contributed by atoms with Crippen molar-refractivity contribution in [2.45, 2.75) is 10.4 Å². The summed E-state index contributed by atoms with van der Waals surface area (Å²) < 4.78 is 51.0. The summed E-state index contributed by atoms with van der Waals surface area (Å²) in [4.78, 5) is 22.8. The van der Waals surface area contributed by atoms with E-state index in [2.05, 4.69) is 10.1 Å². The highest BCUT2D eigenvalue weighted by Crippen LogP contribution is 2.33. The van der Waals surface area contributed by atoms with Gasteiger partial charge in [0.2, 0.25) is 10.0 Å². The van der Waals surface area contributed by atoms with Crippen LogP contribution in [-0.4, -0.2) is 56.6 Å². The van der Waals surface area contributed by atoms with E-state index in [-0.39, 0.29) is 46.0 Å². The molecule has 1 aliphatic rings. The van der Waals surface area contributed by atoms with Gasteiger partial charge >= 0.3 is 6.09 Å². The smallest absolute Gasteiger partial charge is 0.405 e. The Kier molecular flexibility index (Phi) is 7.52. The van der Waals surface area contributed by atoms with Crippen LogP contribution in [-0.2, 0) is 19.6 Å². The molecule has 10 nitrogen and oxygen atoms in total. The van der Waals surface area contributed by atoms with Gasteiger partial charge in [-0.05, 0) is 30.3 Å². The summed E-state index contributed by atoms with van der Waals surface area (Å²) >= 11 is 11.9. The number of benzene rings is 2. The predicted octanol–water partition coefficient (Wildman–Crippen LogP) is 2.04. The van der Waals surface area contributed by atoms with Gasteiger partial charge in [0.15, 0.2) is 6.61 Å². The fraction of sp³-hybridized carbons (Fsp3) is 0.250. The number of primary amides is 1. The quantitative estimate of drug-likeness (QED) is 0.529. The highest BCUT2D eigenvalue weighted by Gasteiger charge is 2.50. The Morgan fingerprint density at radius 3 is 2.53 bits per heavy atom. The number of hydrogen-bond donors (Lipinski definition) is 2. The number of rotatable bonds is 8. The summed E-state index contributed by atoms with van der Waals surface area (Å²) in [6.07, 6.45) is -1.16. The van der Waals surface area contributed by atoms with Crippen molar-refractivity contribution in [3.8, 4) is 11.8 Å². The van der Waals surface area contributed by atoms with Gasteiger partial charge in [0.05, 0.1) is 10.6 Å². The summed E-state index contributed by atoms with van der Waals surface area (Å²) in [7, 11) is -4.05. The molecule has 1 fully saturated rings. The third-order valence-electron chi connectivity index (χ3n) is 4.80. The van der Waals surface area contributed by atoms with E-state index < -0.39 is 40.0 Å². The molecule has 0 spiro atoms. The van der Waals surface area contributed by atoms with Crippen LogP contribution in [0.4, 0.5) is 9.18 Å². The molecule has 0 atom stereocenters. The molecule has 0 aromatic heterocycles. The topological polar surface area (TPSA) is 152 Å². The van der Waals surface area contributed by atoms with Crippen molar-refractivity contribution in [2.75, 3.05) is 26.3 Å². The number of nitriles is 1. The Morgan fingerprint density at radius 2 is 1.94 bits per heavy atom. The van der Waals surface area contributed by atoms with E-state index in [0.717, 1.165) is 10.4 Å². The van der Waals surface area contributed by atoms with Crippen molar-refractivity contribution in [1.82, 2.24) is 9.62 Å². The Morgan fingerprint density at radius 1 is 1.24 bits per heavy atom. The number of nitrogens with zero attached hydrogens (tertiary/aromatic N) is 2. The molecule has 0 unspecified atom stereocenters. The van der Waals surface area contributed by atoms with Crippen LogP contribution in [0, 0.1) is 17.1 Å². The molecule has 0 bridgehead atoms. The van der Waals surface area contributed by atoms with Crippen LogP contribution >= 0.6 is 23.2 Å². The normalized spacial score (nSPS) is 15.0. The predicted molar refractivity (Wildman–Crippen MR) is 118 cm³/mol. The number of hydrogen-bond acceptors (Lipinski definition) is 7. The first kappa shape index (κ1) is 25.5. The van der Waals surface area contributed by atoms with Gasteiger partial charge in [-0.25, -0.2) is 17.6 Å². The van der Waals surface area contributed by atoms with Crippen LogP contribution in [0.2, 0.25) is 10.0 Å². The molecule has 3 N–H and O–H groups in total. The van der Waals surface area contributed by atoms with Crippen molar-refractivity contribution in [3.63, 3.8) is 0 Å². The highest BCUT2D eigenvalue weighted by atomic mass is 35.5. The lowest BCUT2D eigenvalue weighted by Gasteiger charge is -2.48. The lowest BCUT2D eigenvalue weighted by molar-refractivity contribution is -0.128. The van der Waals surface area contributed by atoms with Gasteiger partial charge in [-0.3, -0.25) is 4.79 Å². The molecule has 0 aliphatic carbocycles. The fourth-order valence-corrected chi connectivity index (χ4v) is 5.55. The number of carbonyl (C=O) groups excluding carboxylic acids is 2. The Hall–Kier alpha value is -3.11. The minimum atomic E-state index is -4.05. The molecule has 0 saturated carbocycles. The van der Waals surface area contributed by atoms with Crippen molar-refractivity contribution in [1.29, 1.82) is 5.26 Å². The molecule has 14 heteroatoms. The minimum absolute atomic E-state index is 0.0561. The second kappa shape index (κ2) is 10.0. The third-order valence-corrected chi connectivity index (χ3v) is 7.31. The molecule has 34 heavy (non-hydrogen) atoms. The van der Waals surface area contributed by atoms with Gasteiger partial charge in [-0.15, -0.1) is 0 Å². The van der Waals surface area contributed by atoms with E-state index in [1.807, 2.05) is 0 Å². The van der Waals surface area contributed by atoms with Crippen molar-refractivity contribution in [2.24, 2.45) is 5.73 Å². The van der Waals surface area contributed by atoms with E-state index in [1.54, 1.807) is 6.07 Å². The Balaban J connectivity index is 1.78. The fourth-order valence-electron chi connectivity index (χ4n) is 3.20. The number of sulfonamides is 1. The molecule has 2 aromatic rings. The van der Waals surface area contributed by atoms with E-state index in [0.29, 0.717) is 0 Å². The van der Waals surface area contributed by atoms with Gasteiger partial charge < -0.3 is 20.5 Å². The maximum atomic E-state index is 13.9. The summed E-state index contributed by atoms with van der Waals surface area (Å²) in [5, 5.41) is 11.6. The maximum Gasteiger partial charge on any atom is 0.405 e. The van der Waals surface area contributed by atoms with Crippen molar-refractivity contribution < 1.29 is 31.9 Å². The second-order valence-corrected chi connectivity index (χ2v) is 10.1. The first-order valence-electron chi connectivity index (χ1n) is 9.47. The second-order valence-electron chi connectivity index (χ2n) is 7.33. The highest BCUT2D eigenvalue weighted by molar-refractivity contribution is 7.89. The molecule has 3 rings (SSSR count). The van der Waals surface area contributed by atoms with Crippen LogP contribution in [0.1, 0.15) is 5.56 Å². The average molecular weight is 531 g/mol. The summed E-state index contributed by atoms with van der Waals surface area (Å²) in [6.45, 7) is -1.41. The molecule has 180 valence electrons. The lowest BCUT2D eigenvalue weighted by atomic mass is 9.93. The molecular formula is C20H17Cl2FN4O6S. The van der Waals surface area contributed by atoms with Gasteiger partial charge in [-0.2, -0.15) is 9.57 Å². The molecule has 1 saturated heterocycles. The van der Waals surface area contributed by atoms with E-state index in [4.69, 9.17) is 38.9 Å². The van der Waals surface area contributed by atoms with Gasteiger partial charge in [0.1, 0.15) is 34.7 Å². The van der Waals surface area contributed by atoms with Gasteiger partial charge in [0, 0.05) is 24.2 Å². The minimum Gasteiger partial charge on any atom is -0.491 e. The summed E-state index contributed by atoms with van der Waals surface area (Å²) in [5.41, 5.74) is 3.44. The summed E-state index contributed by atoms with van der Waals surface area (Å²) in [5.74, 6) is -1.50.